The van der Waals surface area contributed by atoms with Crippen molar-refractivity contribution in [2.24, 2.45) is 5.41 Å². The summed E-state index contributed by atoms with van der Waals surface area (Å²) >= 11 is 0. The van der Waals surface area contributed by atoms with E-state index < -0.39 is 16.4 Å². The summed E-state index contributed by atoms with van der Waals surface area (Å²) in [5.74, 6) is -0.199. The molecular formula is C10H13NO4. The molecule has 0 amide bonds. The third kappa shape index (κ3) is 2.24. The summed E-state index contributed by atoms with van der Waals surface area (Å²) in [7, 11) is 0. The molecule has 0 saturated carbocycles. The molecule has 1 aromatic rings. The Hall–Kier alpha value is -1.62. The summed E-state index contributed by atoms with van der Waals surface area (Å²) in [6.07, 6.45) is 0.634. The highest BCUT2D eigenvalue weighted by molar-refractivity contribution is 5.21. The third-order valence-electron chi connectivity index (χ3n) is 2.29. The van der Waals surface area contributed by atoms with Crippen molar-refractivity contribution in [1.82, 2.24) is 0 Å². The minimum absolute atomic E-state index is 0.173. The van der Waals surface area contributed by atoms with E-state index in [4.69, 9.17) is 4.42 Å². The van der Waals surface area contributed by atoms with Crippen molar-refractivity contribution >= 4 is 5.88 Å². The van der Waals surface area contributed by atoms with Gasteiger partial charge in [0, 0.05) is 5.41 Å². The van der Waals surface area contributed by atoms with Crippen molar-refractivity contribution in [3.63, 3.8) is 0 Å². The number of nitrogens with zero attached hydrogens (tertiary/aromatic N) is 1. The first-order chi connectivity index (χ1) is 6.88. The van der Waals surface area contributed by atoms with E-state index in [1.165, 1.54) is 12.1 Å². The Morgan fingerprint density at radius 3 is 2.67 bits per heavy atom. The summed E-state index contributed by atoms with van der Waals surface area (Å²) < 4.78 is 4.90. The molecule has 5 heteroatoms. The first kappa shape index (κ1) is 11.5. The summed E-state index contributed by atoms with van der Waals surface area (Å²) in [5.41, 5.74) is -0.592. The highest BCUT2D eigenvalue weighted by Crippen LogP contribution is 2.35. The molecule has 82 valence electrons. The molecule has 15 heavy (non-hydrogen) atoms. The Labute approximate surface area is 87.2 Å². The first-order valence-electron chi connectivity index (χ1n) is 4.44. The lowest BCUT2D eigenvalue weighted by molar-refractivity contribution is -0.402. The molecule has 0 aliphatic rings. The lowest BCUT2D eigenvalue weighted by atomic mass is 9.85. The fourth-order valence-corrected chi connectivity index (χ4v) is 1.07. The summed E-state index contributed by atoms with van der Waals surface area (Å²) in [6.45, 7) is 7.11. The molecule has 1 heterocycles. The fourth-order valence-electron chi connectivity index (χ4n) is 1.07. The van der Waals surface area contributed by atoms with E-state index in [0.717, 1.165) is 0 Å². The lowest BCUT2D eigenvalue weighted by Crippen LogP contribution is -2.18. The fraction of sp³-hybridized carbons (Fsp3) is 0.400. The number of hydrogen-bond donors (Lipinski definition) is 1. The van der Waals surface area contributed by atoms with Crippen LogP contribution >= 0.6 is 0 Å². The van der Waals surface area contributed by atoms with Gasteiger partial charge in [0.15, 0.2) is 0 Å². The molecule has 0 spiro atoms. The normalized spacial score (nSPS) is 13.5. The first-order valence-corrected chi connectivity index (χ1v) is 4.44. The molecule has 0 bridgehead atoms. The van der Waals surface area contributed by atoms with Gasteiger partial charge in [-0.1, -0.05) is 19.9 Å². The van der Waals surface area contributed by atoms with Crippen LogP contribution < -0.4 is 0 Å². The average Bonchev–Trinajstić information content (AvgIpc) is 2.65. The van der Waals surface area contributed by atoms with Gasteiger partial charge in [0.25, 0.3) is 0 Å². The van der Waals surface area contributed by atoms with Gasteiger partial charge < -0.3 is 9.52 Å². The van der Waals surface area contributed by atoms with Gasteiger partial charge in [0.1, 0.15) is 16.8 Å². The second-order valence-corrected chi connectivity index (χ2v) is 3.86. The van der Waals surface area contributed by atoms with Crippen molar-refractivity contribution in [2.75, 3.05) is 0 Å². The number of furan rings is 1. The quantitative estimate of drug-likeness (QED) is 0.471. The molecule has 0 aliphatic heterocycles. The SMILES string of the molecule is C=CC(C)(C)C(O)c1ccc([N+](=O)[O-])o1. The number of rotatable bonds is 4. The van der Waals surface area contributed by atoms with Crippen molar-refractivity contribution in [1.29, 1.82) is 0 Å². The Balaban J connectivity index is 2.97. The van der Waals surface area contributed by atoms with Crippen LogP contribution in [0.2, 0.25) is 0 Å². The molecule has 0 saturated heterocycles. The van der Waals surface area contributed by atoms with Crippen molar-refractivity contribution in [3.05, 3.63) is 40.7 Å². The highest BCUT2D eigenvalue weighted by Gasteiger charge is 2.29. The predicted molar refractivity (Wildman–Crippen MR) is 54.3 cm³/mol. The molecule has 1 rings (SSSR count). The molecule has 0 aromatic carbocycles. The van der Waals surface area contributed by atoms with Gasteiger partial charge >= 0.3 is 5.88 Å². The van der Waals surface area contributed by atoms with Crippen LogP contribution in [0.3, 0.4) is 0 Å². The van der Waals surface area contributed by atoms with Gasteiger partial charge in [-0.05, 0) is 6.07 Å². The molecule has 1 unspecified atom stereocenters. The maximum atomic E-state index is 10.4. The molecule has 1 atom stereocenters. The summed E-state index contributed by atoms with van der Waals surface area (Å²) in [5, 5.41) is 20.2. The third-order valence-corrected chi connectivity index (χ3v) is 2.29. The van der Waals surface area contributed by atoms with Crippen molar-refractivity contribution in [2.45, 2.75) is 20.0 Å². The van der Waals surface area contributed by atoms with Gasteiger partial charge in [-0.25, -0.2) is 0 Å². The number of nitro groups is 1. The van der Waals surface area contributed by atoms with Crippen LogP contribution in [0.25, 0.3) is 0 Å². The number of hydrogen-bond acceptors (Lipinski definition) is 4. The Bertz CT molecular complexity index is 381. The van der Waals surface area contributed by atoms with Crippen LogP contribution in [-0.4, -0.2) is 10.0 Å². The van der Waals surface area contributed by atoms with Crippen LogP contribution in [0.5, 0.6) is 0 Å². The standard InChI is InChI=1S/C10H13NO4/c1-4-10(2,3)9(12)7-5-6-8(15-7)11(13)14/h4-6,9,12H,1H2,2-3H3. The lowest BCUT2D eigenvalue weighted by Gasteiger charge is -2.24. The smallest absolute Gasteiger partial charge is 0.403 e. The van der Waals surface area contributed by atoms with Gasteiger partial charge in [-0.2, -0.15) is 0 Å². The second-order valence-electron chi connectivity index (χ2n) is 3.86. The molecule has 1 N–H and O–H groups in total. The largest absolute Gasteiger partial charge is 0.433 e. The molecule has 0 fully saturated rings. The Morgan fingerprint density at radius 1 is 1.67 bits per heavy atom. The average molecular weight is 211 g/mol. The molecule has 0 radical (unpaired) electrons. The Kier molecular flexibility index (Phi) is 2.95. The maximum Gasteiger partial charge on any atom is 0.433 e. The zero-order valence-electron chi connectivity index (χ0n) is 8.64. The van der Waals surface area contributed by atoms with Crippen molar-refractivity contribution < 1.29 is 14.4 Å². The summed E-state index contributed by atoms with van der Waals surface area (Å²) in [4.78, 5) is 9.72. The van der Waals surface area contributed by atoms with Crippen molar-refractivity contribution in [3.8, 4) is 0 Å². The maximum absolute atomic E-state index is 10.4. The minimum Gasteiger partial charge on any atom is -0.403 e. The van der Waals surface area contributed by atoms with Gasteiger partial charge in [0.05, 0.1) is 6.07 Å². The highest BCUT2D eigenvalue weighted by atomic mass is 16.6. The number of aliphatic hydroxyl groups is 1. The molecule has 1 aromatic heterocycles. The predicted octanol–water partition coefficient (Wildman–Crippen LogP) is 2.43. The number of aliphatic hydroxyl groups excluding tert-OH is 1. The van der Waals surface area contributed by atoms with E-state index in [-0.39, 0.29) is 11.6 Å². The van der Waals surface area contributed by atoms with Crippen LogP contribution in [0.4, 0.5) is 5.88 Å². The molecule has 0 aliphatic carbocycles. The van der Waals surface area contributed by atoms with E-state index >= 15 is 0 Å². The van der Waals surface area contributed by atoms with E-state index in [0.29, 0.717) is 0 Å². The van der Waals surface area contributed by atoms with Crippen LogP contribution in [0.15, 0.2) is 29.2 Å². The van der Waals surface area contributed by atoms with E-state index in [1.807, 2.05) is 0 Å². The van der Waals surface area contributed by atoms with E-state index in [1.54, 1.807) is 19.9 Å². The summed E-state index contributed by atoms with van der Waals surface area (Å²) in [6, 6.07) is 2.62. The minimum atomic E-state index is -0.941. The van der Waals surface area contributed by atoms with Gasteiger partial charge in [-0.3, -0.25) is 10.1 Å². The zero-order valence-corrected chi connectivity index (χ0v) is 8.64. The van der Waals surface area contributed by atoms with Gasteiger partial charge in [0.2, 0.25) is 0 Å². The second kappa shape index (κ2) is 3.86. The van der Waals surface area contributed by atoms with E-state index in [9.17, 15) is 15.2 Å². The molecule has 5 nitrogen and oxygen atoms in total. The van der Waals surface area contributed by atoms with Crippen LogP contribution in [0, 0.1) is 15.5 Å². The Morgan fingerprint density at radius 2 is 2.27 bits per heavy atom. The van der Waals surface area contributed by atoms with Crippen LogP contribution in [0.1, 0.15) is 25.7 Å². The zero-order chi connectivity index (χ0) is 11.6. The van der Waals surface area contributed by atoms with E-state index in [2.05, 4.69) is 6.58 Å². The topological polar surface area (TPSA) is 76.5 Å². The van der Waals surface area contributed by atoms with Gasteiger partial charge in [-0.15, -0.1) is 6.58 Å². The monoisotopic (exact) mass is 211 g/mol. The molecular weight excluding hydrogens is 198 g/mol. The van der Waals surface area contributed by atoms with Crippen LogP contribution in [-0.2, 0) is 0 Å².